The Morgan fingerprint density at radius 2 is 1.85 bits per heavy atom. The van der Waals surface area contributed by atoms with E-state index in [1.54, 1.807) is 35.8 Å². The van der Waals surface area contributed by atoms with E-state index in [0.29, 0.717) is 20.8 Å². The van der Waals surface area contributed by atoms with E-state index in [-0.39, 0.29) is 0 Å². The monoisotopic (exact) mass is 421 g/mol. The van der Waals surface area contributed by atoms with E-state index in [0.717, 1.165) is 21.9 Å². The van der Waals surface area contributed by atoms with Gasteiger partial charge >= 0.3 is 0 Å². The predicted molar refractivity (Wildman–Crippen MR) is 108 cm³/mol. The largest absolute Gasteiger partial charge is 0.357 e. The third-order valence-electron chi connectivity index (χ3n) is 3.64. The molecule has 0 aliphatic heterocycles. The zero-order valence-corrected chi connectivity index (χ0v) is 16.1. The van der Waals surface area contributed by atoms with Crippen LogP contribution in [0.15, 0.2) is 59.2 Å². The SMILES string of the molecule is Clc1ccc(-c2nc3sccn3c2C=NOc2ccc(Cl)c(Cl)c2)cc1. The maximum absolute atomic E-state index is 5.99. The third kappa shape index (κ3) is 3.44. The van der Waals surface area contributed by atoms with Gasteiger partial charge in [-0.2, -0.15) is 0 Å². The van der Waals surface area contributed by atoms with Crippen molar-refractivity contribution in [2.75, 3.05) is 0 Å². The molecule has 4 nitrogen and oxygen atoms in total. The van der Waals surface area contributed by atoms with Gasteiger partial charge in [-0.1, -0.05) is 52.1 Å². The Hall–Kier alpha value is -2.05. The van der Waals surface area contributed by atoms with E-state index >= 15 is 0 Å². The highest BCUT2D eigenvalue weighted by molar-refractivity contribution is 7.15. The Balaban J connectivity index is 1.68. The zero-order chi connectivity index (χ0) is 18.1. The molecule has 4 aromatic rings. The van der Waals surface area contributed by atoms with Gasteiger partial charge in [0.2, 0.25) is 0 Å². The van der Waals surface area contributed by atoms with Crippen molar-refractivity contribution in [2.45, 2.75) is 0 Å². The number of hydrogen-bond acceptors (Lipinski definition) is 4. The summed E-state index contributed by atoms with van der Waals surface area (Å²) in [7, 11) is 0. The molecule has 0 spiro atoms. The van der Waals surface area contributed by atoms with Crippen molar-refractivity contribution in [3.05, 3.63) is 74.8 Å². The Bertz CT molecular complexity index is 1100. The molecule has 0 saturated heterocycles. The fourth-order valence-electron chi connectivity index (χ4n) is 2.42. The fourth-order valence-corrected chi connectivity index (χ4v) is 3.55. The third-order valence-corrected chi connectivity index (χ3v) is 5.39. The van der Waals surface area contributed by atoms with Crippen molar-refractivity contribution >= 4 is 57.3 Å². The van der Waals surface area contributed by atoms with Crippen molar-refractivity contribution in [1.29, 1.82) is 0 Å². The topological polar surface area (TPSA) is 38.9 Å². The van der Waals surface area contributed by atoms with Crippen LogP contribution < -0.4 is 4.84 Å². The minimum Gasteiger partial charge on any atom is -0.357 e. The summed E-state index contributed by atoms with van der Waals surface area (Å²) in [6, 6.07) is 12.5. The molecule has 0 N–H and O–H groups in total. The van der Waals surface area contributed by atoms with Gasteiger partial charge in [0.25, 0.3) is 0 Å². The van der Waals surface area contributed by atoms with Gasteiger partial charge in [0.05, 0.1) is 27.6 Å². The van der Waals surface area contributed by atoms with Crippen LogP contribution in [0, 0.1) is 0 Å². The molecule has 130 valence electrons. The first-order valence-electron chi connectivity index (χ1n) is 7.49. The number of fused-ring (bicyclic) bond motifs is 1. The molecule has 4 rings (SSSR count). The second-order valence-corrected chi connectivity index (χ2v) is 7.43. The number of rotatable bonds is 4. The number of hydrogen-bond donors (Lipinski definition) is 0. The molecular weight excluding hydrogens is 413 g/mol. The van der Waals surface area contributed by atoms with Gasteiger partial charge in [-0.15, -0.1) is 11.3 Å². The highest BCUT2D eigenvalue weighted by Gasteiger charge is 2.13. The van der Waals surface area contributed by atoms with E-state index in [1.165, 1.54) is 0 Å². The predicted octanol–water partition coefficient (Wildman–Crippen LogP) is 6.44. The van der Waals surface area contributed by atoms with Crippen LogP contribution >= 0.6 is 46.1 Å². The van der Waals surface area contributed by atoms with E-state index in [1.807, 2.05) is 40.2 Å². The van der Waals surface area contributed by atoms with Gasteiger partial charge in [0.1, 0.15) is 0 Å². The first-order valence-corrected chi connectivity index (χ1v) is 9.50. The summed E-state index contributed by atoms with van der Waals surface area (Å²) >= 11 is 19.4. The normalized spacial score (nSPS) is 11.5. The van der Waals surface area contributed by atoms with Crippen molar-refractivity contribution < 1.29 is 4.84 Å². The molecule has 8 heteroatoms. The summed E-state index contributed by atoms with van der Waals surface area (Å²) in [6.07, 6.45) is 3.56. The number of halogens is 3. The standard InChI is InChI=1S/C18H10Cl3N3OS/c19-12-3-1-11(2-4-12)17-16(24-7-8-26-18(24)23-17)10-22-25-13-5-6-14(20)15(21)9-13/h1-10H. The molecule has 0 amide bonds. The number of thiazole rings is 1. The summed E-state index contributed by atoms with van der Waals surface area (Å²) in [4.78, 5) is 11.0. The number of benzene rings is 2. The van der Waals surface area contributed by atoms with E-state index in [9.17, 15) is 0 Å². The van der Waals surface area contributed by atoms with Gasteiger partial charge in [0.15, 0.2) is 10.7 Å². The highest BCUT2D eigenvalue weighted by Crippen LogP contribution is 2.28. The summed E-state index contributed by atoms with van der Waals surface area (Å²) in [5, 5.41) is 7.59. The molecule has 2 heterocycles. The first kappa shape index (κ1) is 17.4. The van der Waals surface area contributed by atoms with Gasteiger partial charge < -0.3 is 4.84 Å². The van der Waals surface area contributed by atoms with Crippen LogP contribution in [0.2, 0.25) is 15.1 Å². The first-order chi connectivity index (χ1) is 12.6. The maximum atomic E-state index is 5.99. The van der Waals surface area contributed by atoms with Crippen molar-refractivity contribution in [1.82, 2.24) is 9.38 Å². The molecule has 0 atom stereocenters. The Morgan fingerprint density at radius 1 is 1.04 bits per heavy atom. The molecule has 0 bridgehead atoms. The lowest BCUT2D eigenvalue weighted by Gasteiger charge is -2.02. The molecule has 2 aromatic heterocycles. The van der Waals surface area contributed by atoms with Crippen LogP contribution in [0.25, 0.3) is 16.2 Å². The number of imidazole rings is 1. The van der Waals surface area contributed by atoms with Crippen LogP contribution in [0.1, 0.15) is 5.69 Å². The van der Waals surface area contributed by atoms with Gasteiger partial charge in [0, 0.05) is 28.2 Å². The quantitative estimate of drug-likeness (QED) is 0.280. The molecule has 0 radical (unpaired) electrons. The van der Waals surface area contributed by atoms with Crippen LogP contribution in [0.3, 0.4) is 0 Å². The lowest BCUT2D eigenvalue weighted by atomic mass is 10.1. The molecule has 2 aromatic carbocycles. The number of aromatic nitrogens is 2. The van der Waals surface area contributed by atoms with E-state index in [4.69, 9.17) is 39.6 Å². The molecule has 0 unspecified atom stereocenters. The highest BCUT2D eigenvalue weighted by atomic mass is 35.5. The molecule has 26 heavy (non-hydrogen) atoms. The van der Waals surface area contributed by atoms with E-state index < -0.39 is 0 Å². The lowest BCUT2D eigenvalue weighted by molar-refractivity contribution is 0.344. The Labute approximate surface area is 168 Å². The molecule has 0 aliphatic carbocycles. The minimum atomic E-state index is 0.408. The molecule has 0 saturated carbocycles. The minimum absolute atomic E-state index is 0.408. The number of nitrogens with zero attached hydrogens (tertiary/aromatic N) is 3. The fraction of sp³-hybridized carbons (Fsp3) is 0. The van der Waals surface area contributed by atoms with Crippen molar-refractivity contribution in [3.63, 3.8) is 0 Å². The summed E-state index contributed by atoms with van der Waals surface area (Å²) in [6.45, 7) is 0. The average Bonchev–Trinajstić information content (AvgIpc) is 3.21. The summed E-state index contributed by atoms with van der Waals surface area (Å²) in [5.41, 5.74) is 2.56. The number of oxime groups is 1. The second kappa shape index (κ2) is 7.29. The Kier molecular flexibility index (Phi) is 4.87. The molecule has 0 fully saturated rings. The summed E-state index contributed by atoms with van der Waals surface area (Å²) in [5.74, 6) is 0.495. The maximum Gasteiger partial charge on any atom is 0.194 e. The van der Waals surface area contributed by atoms with E-state index in [2.05, 4.69) is 10.1 Å². The molecular formula is C18H10Cl3N3OS. The smallest absolute Gasteiger partial charge is 0.194 e. The Morgan fingerprint density at radius 3 is 2.62 bits per heavy atom. The van der Waals surface area contributed by atoms with Gasteiger partial charge in [-0.3, -0.25) is 4.40 Å². The lowest BCUT2D eigenvalue weighted by Crippen LogP contribution is -1.93. The van der Waals surface area contributed by atoms with Crippen molar-refractivity contribution in [3.8, 4) is 17.0 Å². The summed E-state index contributed by atoms with van der Waals surface area (Å²) < 4.78 is 1.95. The van der Waals surface area contributed by atoms with Crippen molar-refractivity contribution in [2.24, 2.45) is 5.16 Å². The van der Waals surface area contributed by atoms with Crippen LogP contribution in [-0.4, -0.2) is 15.6 Å². The second-order valence-electron chi connectivity index (χ2n) is 5.31. The van der Waals surface area contributed by atoms with Crippen LogP contribution in [-0.2, 0) is 0 Å². The van der Waals surface area contributed by atoms with Crippen LogP contribution in [0.4, 0.5) is 0 Å². The van der Waals surface area contributed by atoms with Gasteiger partial charge in [-0.25, -0.2) is 4.98 Å². The average molecular weight is 423 g/mol. The molecule has 0 aliphatic rings. The zero-order valence-electron chi connectivity index (χ0n) is 13.1. The van der Waals surface area contributed by atoms with Gasteiger partial charge in [-0.05, 0) is 24.3 Å². The van der Waals surface area contributed by atoms with Crippen LogP contribution in [0.5, 0.6) is 5.75 Å².